The van der Waals surface area contributed by atoms with Gasteiger partial charge in [0.15, 0.2) is 0 Å². The number of aryl methyl sites for hydroxylation is 2. The number of aromatic nitrogens is 2. The molecule has 0 aliphatic rings. The Morgan fingerprint density at radius 1 is 1.12 bits per heavy atom. The van der Waals surface area contributed by atoms with Gasteiger partial charge in [0.05, 0.1) is 0 Å². The Morgan fingerprint density at radius 2 is 1.92 bits per heavy atom. The molecule has 0 amide bonds. The van der Waals surface area contributed by atoms with E-state index < -0.39 is 0 Å². The van der Waals surface area contributed by atoms with E-state index in [1.54, 1.807) is 0 Å². The summed E-state index contributed by atoms with van der Waals surface area (Å²) in [6.45, 7) is 8.15. The topological polar surface area (TPSA) is 75.9 Å². The van der Waals surface area contributed by atoms with Gasteiger partial charge in [0, 0.05) is 30.8 Å². The van der Waals surface area contributed by atoms with Crippen LogP contribution in [-0.4, -0.2) is 23.6 Å². The average Bonchev–Trinajstić information content (AvgIpc) is 2.57. The van der Waals surface area contributed by atoms with Crippen LogP contribution < -0.4 is 16.4 Å². The fraction of sp³-hybridized carbons (Fsp3) is 0.500. The zero-order valence-electron chi connectivity index (χ0n) is 15.9. The van der Waals surface area contributed by atoms with Gasteiger partial charge in [0.1, 0.15) is 5.82 Å². The molecule has 5 nitrogen and oxygen atoms in total. The molecule has 136 valence electrons. The first-order valence-electron chi connectivity index (χ1n) is 9.15. The monoisotopic (exact) mass is 341 g/mol. The van der Waals surface area contributed by atoms with Crippen molar-refractivity contribution in [2.45, 2.75) is 53.0 Å². The molecule has 0 fully saturated rings. The Bertz CT molecular complexity index is 697. The molecular formula is C20H31N5. The number of nitrogen functional groups attached to an aromatic ring is 1. The predicted molar refractivity (Wildman–Crippen MR) is 106 cm³/mol. The molecule has 0 atom stereocenters. The van der Waals surface area contributed by atoms with Crippen molar-refractivity contribution >= 4 is 11.8 Å². The average molecular weight is 342 g/mol. The Morgan fingerprint density at radius 3 is 2.64 bits per heavy atom. The van der Waals surface area contributed by atoms with Crippen molar-refractivity contribution in [1.29, 1.82) is 0 Å². The number of nitrogens with one attached hydrogen (secondary N) is 2. The largest absolute Gasteiger partial charge is 0.370 e. The van der Waals surface area contributed by atoms with E-state index in [1.807, 2.05) is 14.0 Å². The lowest BCUT2D eigenvalue weighted by molar-refractivity contribution is 0.741. The molecular weight excluding hydrogens is 310 g/mol. The molecule has 0 saturated carbocycles. The summed E-state index contributed by atoms with van der Waals surface area (Å²) in [5.74, 6) is 1.21. The number of hydrogen-bond acceptors (Lipinski definition) is 5. The van der Waals surface area contributed by atoms with E-state index in [2.05, 4.69) is 52.6 Å². The molecule has 0 saturated heterocycles. The van der Waals surface area contributed by atoms with Crippen molar-refractivity contribution in [1.82, 2.24) is 15.3 Å². The number of hydrogen-bond donors (Lipinski definition) is 3. The maximum absolute atomic E-state index is 5.88. The molecule has 2 aromatic rings. The van der Waals surface area contributed by atoms with Gasteiger partial charge in [-0.3, -0.25) is 0 Å². The number of nitrogens with zero attached hydrogens (tertiary/aromatic N) is 2. The summed E-state index contributed by atoms with van der Waals surface area (Å²) >= 11 is 0. The van der Waals surface area contributed by atoms with Crippen LogP contribution in [0.4, 0.5) is 11.8 Å². The van der Waals surface area contributed by atoms with Gasteiger partial charge >= 0.3 is 0 Å². The molecule has 0 aliphatic heterocycles. The van der Waals surface area contributed by atoms with Gasteiger partial charge < -0.3 is 16.4 Å². The third-order valence-corrected chi connectivity index (χ3v) is 4.47. The second-order valence-corrected chi connectivity index (χ2v) is 6.60. The molecule has 5 heteroatoms. The minimum Gasteiger partial charge on any atom is -0.370 e. The van der Waals surface area contributed by atoms with Crippen LogP contribution in [0.15, 0.2) is 18.2 Å². The van der Waals surface area contributed by atoms with E-state index in [9.17, 15) is 0 Å². The molecule has 25 heavy (non-hydrogen) atoms. The zero-order chi connectivity index (χ0) is 18.2. The predicted octanol–water partition coefficient (Wildman–Crippen LogP) is 3.59. The van der Waals surface area contributed by atoms with Gasteiger partial charge in [-0.15, -0.1) is 0 Å². The maximum Gasteiger partial charge on any atom is 0.222 e. The number of rotatable bonds is 9. The zero-order valence-corrected chi connectivity index (χ0v) is 15.9. The van der Waals surface area contributed by atoms with Crippen LogP contribution in [0.1, 0.15) is 54.1 Å². The highest BCUT2D eigenvalue weighted by atomic mass is 15.1. The maximum atomic E-state index is 5.88. The molecule has 2 rings (SSSR count). The number of benzene rings is 1. The fourth-order valence-electron chi connectivity index (χ4n) is 2.98. The third-order valence-electron chi connectivity index (χ3n) is 4.47. The number of nitrogens with two attached hydrogens (primary N) is 1. The molecule has 1 aromatic heterocycles. The number of unbranched alkanes of at least 4 members (excludes halogenated alkanes) is 2. The van der Waals surface area contributed by atoms with Crippen LogP contribution in [0, 0.1) is 13.8 Å². The van der Waals surface area contributed by atoms with E-state index in [-0.39, 0.29) is 0 Å². The standard InChI is InChI=1S/C20H31N5/c1-5-6-7-10-23-19-18(15(3)24-20(21)25-19)12-17-11-16(13-22-4)9-8-14(17)2/h8-9,11,22H,5-7,10,12-13H2,1-4H3,(H3,21,23,24,25). The summed E-state index contributed by atoms with van der Waals surface area (Å²) in [5, 5.41) is 6.68. The van der Waals surface area contributed by atoms with E-state index in [4.69, 9.17) is 5.73 Å². The van der Waals surface area contributed by atoms with Crippen LogP contribution in [0.25, 0.3) is 0 Å². The summed E-state index contributed by atoms with van der Waals surface area (Å²) in [4.78, 5) is 8.84. The fourth-order valence-corrected chi connectivity index (χ4v) is 2.98. The van der Waals surface area contributed by atoms with Gasteiger partial charge in [-0.1, -0.05) is 38.0 Å². The summed E-state index contributed by atoms with van der Waals surface area (Å²) in [6.07, 6.45) is 4.37. The second-order valence-electron chi connectivity index (χ2n) is 6.60. The highest BCUT2D eigenvalue weighted by Crippen LogP contribution is 2.23. The Balaban J connectivity index is 2.27. The molecule has 0 unspecified atom stereocenters. The molecule has 0 bridgehead atoms. The van der Waals surface area contributed by atoms with Crippen LogP contribution in [0.3, 0.4) is 0 Å². The first kappa shape index (κ1) is 19.2. The summed E-state index contributed by atoms with van der Waals surface area (Å²) < 4.78 is 0. The Hall–Kier alpha value is -2.14. The molecule has 1 heterocycles. The molecule has 4 N–H and O–H groups in total. The van der Waals surface area contributed by atoms with Crippen LogP contribution in [-0.2, 0) is 13.0 Å². The highest BCUT2D eigenvalue weighted by Gasteiger charge is 2.13. The van der Waals surface area contributed by atoms with Gasteiger partial charge in [-0.05, 0) is 44.0 Å². The lowest BCUT2D eigenvalue weighted by atomic mass is 9.97. The van der Waals surface area contributed by atoms with Crippen molar-refractivity contribution < 1.29 is 0 Å². The first-order chi connectivity index (χ1) is 12.0. The van der Waals surface area contributed by atoms with Gasteiger partial charge in [-0.2, -0.15) is 4.98 Å². The van der Waals surface area contributed by atoms with Crippen molar-refractivity contribution in [2.75, 3.05) is 24.6 Å². The van der Waals surface area contributed by atoms with Gasteiger partial charge in [0.2, 0.25) is 5.95 Å². The lowest BCUT2D eigenvalue weighted by Crippen LogP contribution is -2.12. The van der Waals surface area contributed by atoms with E-state index in [0.29, 0.717) is 5.95 Å². The third kappa shape index (κ3) is 5.43. The second kappa shape index (κ2) is 9.37. The quantitative estimate of drug-likeness (QED) is 0.608. The molecule has 1 aromatic carbocycles. The SMILES string of the molecule is CCCCCNc1nc(N)nc(C)c1Cc1cc(CNC)ccc1C. The molecule has 0 radical (unpaired) electrons. The van der Waals surface area contributed by atoms with Crippen molar-refractivity contribution in [3.8, 4) is 0 Å². The Kier molecular flexibility index (Phi) is 7.19. The minimum absolute atomic E-state index is 0.333. The minimum atomic E-state index is 0.333. The summed E-state index contributed by atoms with van der Waals surface area (Å²) in [7, 11) is 1.97. The molecule has 0 spiro atoms. The van der Waals surface area contributed by atoms with E-state index in [1.165, 1.54) is 29.5 Å². The summed E-state index contributed by atoms with van der Waals surface area (Å²) in [5.41, 5.74) is 11.8. The van der Waals surface area contributed by atoms with E-state index in [0.717, 1.165) is 43.0 Å². The Labute approximate surface area is 151 Å². The van der Waals surface area contributed by atoms with Crippen LogP contribution in [0.2, 0.25) is 0 Å². The highest BCUT2D eigenvalue weighted by molar-refractivity contribution is 5.52. The van der Waals surface area contributed by atoms with Gasteiger partial charge in [-0.25, -0.2) is 4.98 Å². The normalized spacial score (nSPS) is 10.9. The van der Waals surface area contributed by atoms with Crippen LogP contribution >= 0.6 is 0 Å². The molecule has 0 aliphatic carbocycles. The summed E-state index contributed by atoms with van der Waals surface area (Å²) in [6, 6.07) is 6.62. The smallest absolute Gasteiger partial charge is 0.222 e. The van der Waals surface area contributed by atoms with Gasteiger partial charge in [0.25, 0.3) is 0 Å². The number of anilines is 2. The lowest BCUT2D eigenvalue weighted by Gasteiger charge is -2.16. The van der Waals surface area contributed by atoms with Crippen molar-refractivity contribution in [3.05, 3.63) is 46.1 Å². The van der Waals surface area contributed by atoms with Crippen molar-refractivity contribution in [3.63, 3.8) is 0 Å². The van der Waals surface area contributed by atoms with Crippen LogP contribution in [0.5, 0.6) is 0 Å². The van der Waals surface area contributed by atoms with Crippen molar-refractivity contribution in [2.24, 2.45) is 0 Å². The van der Waals surface area contributed by atoms with E-state index >= 15 is 0 Å². The first-order valence-corrected chi connectivity index (χ1v) is 9.15.